The van der Waals surface area contributed by atoms with Crippen LogP contribution in [-0.2, 0) is 10.9 Å². The number of amides is 1. The third-order valence-corrected chi connectivity index (χ3v) is 5.83. The van der Waals surface area contributed by atoms with Gasteiger partial charge in [-0.2, -0.15) is 13.2 Å². The van der Waals surface area contributed by atoms with Crippen LogP contribution in [0.25, 0.3) is 11.1 Å². The zero-order valence-electron chi connectivity index (χ0n) is 18.0. The van der Waals surface area contributed by atoms with E-state index >= 15 is 0 Å². The van der Waals surface area contributed by atoms with Crippen molar-refractivity contribution < 1.29 is 32.9 Å². The summed E-state index contributed by atoms with van der Waals surface area (Å²) in [6, 6.07) is 17.7. The maximum atomic E-state index is 12.8. The van der Waals surface area contributed by atoms with Crippen molar-refractivity contribution >= 4 is 6.09 Å². The smallest absolute Gasteiger partial charge is 0.433 e. The molecule has 6 nitrogen and oxygen atoms in total. The van der Waals surface area contributed by atoms with E-state index in [1.54, 1.807) is 0 Å². The van der Waals surface area contributed by atoms with Crippen LogP contribution in [0.1, 0.15) is 40.8 Å². The molecule has 2 atom stereocenters. The second-order valence-corrected chi connectivity index (χ2v) is 8.03. The highest BCUT2D eigenvalue weighted by molar-refractivity contribution is 5.79. The van der Waals surface area contributed by atoms with Crippen LogP contribution in [0, 0.1) is 0 Å². The summed E-state index contributed by atoms with van der Waals surface area (Å²) in [5.74, 6) is -0.0971. The quantitative estimate of drug-likeness (QED) is 0.474. The molecule has 9 heteroatoms. The fourth-order valence-corrected chi connectivity index (χ4v) is 4.14. The normalized spacial score (nSPS) is 14.7. The highest BCUT2D eigenvalue weighted by Gasteiger charge is 2.33. The van der Waals surface area contributed by atoms with Gasteiger partial charge in [-0.25, -0.2) is 4.79 Å². The second kappa shape index (κ2) is 9.82. The van der Waals surface area contributed by atoms with E-state index in [2.05, 4.69) is 10.3 Å². The molecule has 1 aliphatic rings. The van der Waals surface area contributed by atoms with Crippen LogP contribution >= 0.6 is 0 Å². The number of aliphatic hydroxyl groups excluding tert-OH is 2. The zero-order valence-corrected chi connectivity index (χ0v) is 18.0. The van der Waals surface area contributed by atoms with E-state index in [0.717, 1.165) is 28.5 Å². The summed E-state index contributed by atoms with van der Waals surface area (Å²) in [5, 5.41) is 22.8. The number of pyridine rings is 1. The molecule has 2 unspecified atom stereocenters. The molecule has 0 bridgehead atoms. The molecule has 0 fully saturated rings. The fraction of sp³-hybridized carbons (Fsp3) is 0.280. The number of carbonyl (C=O) groups is 1. The van der Waals surface area contributed by atoms with Crippen LogP contribution < -0.4 is 5.32 Å². The highest BCUT2D eigenvalue weighted by atomic mass is 19.4. The van der Waals surface area contributed by atoms with Crippen LogP contribution in [0.15, 0.2) is 66.9 Å². The van der Waals surface area contributed by atoms with Gasteiger partial charge >= 0.3 is 12.3 Å². The number of nitrogens with one attached hydrogen (secondary N) is 1. The summed E-state index contributed by atoms with van der Waals surface area (Å²) in [6.45, 7) is 0.0917. The molecular formula is C25H23F3N2O4. The number of benzene rings is 2. The predicted octanol–water partition coefficient (Wildman–Crippen LogP) is 4.42. The van der Waals surface area contributed by atoms with Crippen molar-refractivity contribution in [3.8, 4) is 11.1 Å². The third-order valence-electron chi connectivity index (χ3n) is 5.83. The number of ether oxygens (including phenoxy) is 1. The Morgan fingerprint density at radius 1 is 1.03 bits per heavy atom. The van der Waals surface area contributed by atoms with Gasteiger partial charge in [0.15, 0.2) is 0 Å². The Bertz CT molecular complexity index is 1120. The number of halogens is 3. The largest absolute Gasteiger partial charge is 0.449 e. The van der Waals surface area contributed by atoms with E-state index in [-0.39, 0.29) is 31.1 Å². The van der Waals surface area contributed by atoms with Crippen molar-refractivity contribution in [3.63, 3.8) is 0 Å². The highest BCUT2D eigenvalue weighted by Crippen LogP contribution is 2.44. The first-order valence-corrected chi connectivity index (χ1v) is 10.7. The Labute approximate surface area is 194 Å². The number of nitrogens with zero attached hydrogens (tertiary/aromatic N) is 1. The number of hydrogen-bond acceptors (Lipinski definition) is 5. The SMILES string of the molecule is O=C(NCCC(O)C(O)c1ccnc(C(F)(F)F)c1)OCC1c2ccccc2-c2ccccc21. The van der Waals surface area contributed by atoms with Crippen molar-refractivity contribution in [2.24, 2.45) is 0 Å². The number of aliphatic hydroxyl groups is 2. The summed E-state index contributed by atoms with van der Waals surface area (Å²) in [4.78, 5) is 15.4. The summed E-state index contributed by atoms with van der Waals surface area (Å²) in [7, 11) is 0. The van der Waals surface area contributed by atoms with Crippen molar-refractivity contribution in [1.29, 1.82) is 0 Å². The van der Waals surface area contributed by atoms with E-state index in [1.807, 2.05) is 48.5 Å². The third kappa shape index (κ3) is 5.05. The Kier molecular flexibility index (Phi) is 6.85. The number of hydrogen-bond donors (Lipinski definition) is 3. The Morgan fingerprint density at radius 2 is 1.65 bits per heavy atom. The van der Waals surface area contributed by atoms with Crippen molar-refractivity contribution in [2.75, 3.05) is 13.2 Å². The second-order valence-electron chi connectivity index (χ2n) is 8.03. The molecule has 1 amide bonds. The lowest BCUT2D eigenvalue weighted by Crippen LogP contribution is -2.30. The molecule has 1 heterocycles. The molecule has 1 aliphatic carbocycles. The molecule has 0 saturated carbocycles. The molecule has 178 valence electrons. The molecule has 0 spiro atoms. The van der Waals surface area contributed by atoms with Crippen LogP contribution in [0.4, 0.5) is 18.0 Å². The van der Waals surface area contributed by atoms with Crippen molar-refractivity contribution in [2.45, 2.75) is 30.7 Å². The van der Waals surface area contributed by atoms with Gasteiger partial charge in [0.05, 0.1) is 6.10 Å². The average molecular weight is 472 g/mol. The summed E-state index contributed by atoms with van der Waals surface area (Å²) in [5.41, 5.74) is 3.09. The number of carbonyl (C=O) groups excluding carboxylic acids is 1. The molecule has 0 saturated heterocycles. The van der Waals surface area contributed by atoms with E-state index in [1.165, 1.54) is 6.07 Å². The molecule has 0 aliphatic heterocycles. The minimum atomic E-state index is -4.66. The van der Waals surface area contributed by atoms with Gasteiger partial charge in [-0.1, -0.05) is 48.5 Å². The van der Waals surface area contributed by atoms with Gasteiger partial charge in [-0.15, -0.1) is 0 Å². The molecular weight excluding hydrogens is 449 g/mol. The van der Waals surface area contributed by atoms with Gasteiger partial charge in [0.1, 0.15) is 18.4 Å². The maximum Gasteiger partial charge on any atom is 0.433 e. The first-order chi connectivity index (χ1) is 16.3. The number of alkyl halides is 3. The predicted molar refractivity (Wildman–Crippen MR) is 118 cm³/mol. The van der Waals surface area contributed by atoms with Crippen LogP contribution in [-0.4, -0.2) is 40.5 Å². The minimum absolute atomic E-state index is 0.0356. The van der Waals surface area contributed by atoms with Crippen molar-refractivity contribution in [3.05, 3.63) is 89.2 Å². The molecule has 34 heavy (non-hydrogen) atoms. The molecule has 1 aromatic heterocycles. The van der Waals surface area contributed by atoms with Gasteiger partial charge in [0.2, 0.25) is 0 Å². The standard InChI is InChI=1S/C25H23F3N2O4/c26-25(27,28)22-13-15(9-11-29-22)23(32)21(31)10-12-30-24(33)34-14-20-18-7-3-1-5-16(18)17-6-2-4-8-19(17)20/h1-9,11,13,20-21,23,31-32H,10,12,14H2,(H,30,33). The van der Waals surface area contributed by atoms with Gasteiger partial charge in [0, 0.05) is 18.7 Å². The number of rotatable bonds is 7. The molecule has 2 aromatic carbocycles. The van der Waals surface area contributed by atoms with Crippen molar-refractivity contribution in [1.82, 2.24) is 10.3 Å². The fourth-order valence-electron chi connectivity index (χ4n) is 4.14. The minimum Gasteiger partial charge on any atom is -0.449 e. The molecule has 0 radical (unpaired) electrons. The zero-order chi connectivity index (χ0) is 24.3. The monoisotopic (exact) mass is 472 g/mol. The van der Waals surface area contributed by atoms with Gasteiger partial charge in [-0.05, 0) is 46.4 Å². The molecule has 3 aromatic rings. The lowest BCUT2D eigenvalue weighted by molar-refractivity contribution is -0.141. The summed E-state index contributed by atoms with van der Waals surface area (Å²) in [6.07, 6.45) is -7.47. The van der Waals surface area contributed by atoms with Crippen LogP contribution in [0.5, 0.6) is 0 Å². The van der Waals surface area contributed by atoms with Gasteiger partial charge < -0.3 is 20.3 Å². The lowest BCUT2D eigenvalue weighted by Gasteiger charge is -2.19. The first kappa shape index (κ1) is 23.7. The number of aromatic nitrogens is 1. The first-order valence-electron chi connectivity index (χ1n) is 10.7. The van der Waals surface area contributed by atoms with E-state index in [4.69, 9.17) is 4.74 Å². The molecule has 3 N–H and O–H groups in total. The van der Waals surface area contributed by atoms with E-state index in [9.17, 15) is 28.2 Å². The summed E-state index contributed by atoms with van der Waals surface area (Å²) >= 11 is 0. The summed E-state index contributed by atoms with van der Waals surface area (Å²) < 4.78 is 43.8. The van der Waals surface area contributed by atoms with Gasteiger partial charge in [-0.3, -0.25) is 4.98 Å². The molecule has 4 rings (SSSR count). The van der Waals surface area contributed by atoms with E-state index < -0.39 is 30.2 Å². The van der Waals surface area contributed by atoms with Crippen LogP contribution in [0.2, 0.25) is 0 Å². The Balaban J connectivity index is 1.28. The van der Waals surface area contributed by atoms with E-state index in [0.29, 0.717) is 6.07 Å². The Morgan fingerprint density at radius 3 is 2.26 bits per heavy atom. The average Bonchev–Trinajstić information content (AvgIpc) is 3.15. The topological polar surface area (TPSA) is 91.7 Å². The Hall–Kier alpha value is -3.43. The number of alkyl carbamates (subject to hydrolysis) is 1. The van der Waals surface area contributed by atoms with Gasteiger partial charge in [0.25, 0.3) is 0 Å². The lowest BCUT2D eigenvalue weighted by atomic mass is 9.98. The number of fused-ring (bicyclic) bond motifs is 3. The maximum absolute atomic E-state index is 12.8. The van der Waals surface area contributed by atoms with Crippen LogP contribution in [0.3, 0.4) is 0 Å².